The van der Waals surface area contributed by atoms with Gasteiger partial charge in [0.15, 0.2) is 0 Å². The molecule has 1 aliphatic rings. The van der Waals surface area contributed by atoms with Crippen LogP contribution in [0, 0.1) is 17.2 Å². The van der Waals surface area contributed by atoms with Crippen molar-refractivity contribution in [2.75, 3.05) is 13.1 Å². The van der Waals surface area contributed by atoms with Crippen LogP contribution in [-0.4, -0.2) is 24.0 Å². The van der Waals surface area contributed by atoms with E-state index in [1.54, 1.807) is 16.2 Å². The molecule has 1 aliphatic heterocycles. The quantitative estimate of drug-likeness (QED) is 0.907. The van der Waals surface area contributed by atoms with E-state index in [-0.39, 0.29) is 11.9 Å². The molecule has 0 unspecified atom stereocenters. The molecule has 0 spiro atoms. The van der Waals surface area contributed by atoms with Gasteiger partial charge in [0.2, 0.25) is 0 Å². The number of rotatable bonds is 2. The van der Waals surface area contributed by atoms with E-state index in [0.717, 1.165) is 22.2 Å². The molecule has 18 heavy (non-hydrogen) atoms. The van der Waals surface area contributed by atoms with Gasteiger partial charge < -0.3 is 10.2 Å². The molecule has 0 saturated carbocycles. The van der Waals surface area contributed by atoms with E-state index in [1.165, 1.54) is 0 Å². The van der Waals surface area contributed by atoms with Crippen LogP contribution in [0.15, 0.2) is 15.9 Å². The number of hydrogen-bond acceptors (Lipinski definition) is 3. The predicted molar refractivity (Wildman–Crippen MR) is 74.2 cm³/mol. The van der Waals surface area contributed by atoms with Crippen molar-refractivity contribution in [3.8, 4) is 6.07 Å². The fraction of sp³-hybridized carbons (Fsp3) is 0.500. The lowest BCUT2D eigenvalue weighted by molar-refractivity contribution is 0.178. The Labute approximate surface area is 119 Å². The van der Waals surface area contributed by atoms with Crippen molar-refractivity contribution in [3.05, 3.63) is 20.8 Å². The molecule has 1 aromatic rings. The largest absolute Gasteiger partial charge is 0.333 e. The first-order valence-corrected chi connectivity index (χ1v) is 7.51. The third-order valence-corrected chi connectivity index (χ3v) is 4.70. The molecule has 1 aromatic heterocycles. The fourth-order valence-electron chi connectivity index (χ4n) is 1.93. The van der Waals surface area contributed by atoms with E-state index in [4.69, 9.17) is 5.26 Å². The molecule has 96 valence electrons. The van der Waals surface area contributed by atoms with Gasteiger partial charge in [0.05, 0.1) is 12.6 Å². The lowest BCUT2D eigenvalue weighted by Gasteiger charge is -2.29. The summed E-state index contributed by atoms with van der Waals surface area (Å²) < 4.78 is 1.05. The van der Waals surface area contributed by atoms with Crippen molar-refractivity contribution in [1.29, 1.82) is 5.26 Å². The van der Waals surface area contributed by atoms with Gasteiger partial charge in [-0.2, -0.15) is 5.26 Å². The first-order valence-electron chi connectivity index (χ1n) is 5.84. The Hall–Kier alpha value is -1.06. The zero-order chi connectivity index (χ0) is 13.0. The molecule has 1 saturated heterocycles. The molecule has 0 radical (unpaired) electrons. The van der Waals surface area contributed by atoms with Gasteiger partial charge in [-0.25, -0.2) is 4.79 Å². The average molecular weight is 328 g/mol. The van der Waals surface area contributed by atoms with E-state index in [2.05, 4.69) is 27.3 Å². The standard InChI is InChI=1S/C12H14BrN3OS/c13-10-5-11(18-8-10)7-15-12(17)16-3-1-9(6-14)2-4-16/h5,8-9H,1-4,7H2,(H,15,17). The highest BCUT2D eigenvalue weighted by molar-refractivity contribution is 9.10. The number of likely N-dealkylation sites (tertiary alicyclic amines) is 1. The zero-order valence-corrected chi connectivity index (χ0v) is 12.3. The number of nitrogens with zero attached hydrogens (tertiary/aromatic N) is 2. The maximum atomic E-state index is 11.9. The van der Waals surface area contributed by atoms with Gasteiger partial charge in [0, 0.05) is 33.7 Å². The molecule has 2 amide bonds. The Bertz CT molecular complexity index is 460. The molecule has 0 aromatic carbocycles. The van der Waals surface area contributed by atoms with E-state index >= 15 is 0 Å². The number of nitriles is 1. The van der Waals surface area contributed by atoms with Crippen molar-refractivity contribution in [3.63, 3.8) is 0 Å². The molecule has 0 atom stereocenters. The van der Waals surface area contributed by atoms with Crippen molar-refractivity contribution >= 4 is 33.3 Å². The molecule has 1 N–H and O–H groups in total. The van der Waals surface area contributed by atoms with Crippen molar-refractivity contribution < 1.29 is 4.79 Å². The Morgan fingerprint density at radius 3 is 2.89 bits per heavy atom. The Morgan fingerprint density at radius 1 is 1.61 bits per heavy atom. The number of urea groups is 1. The molecule has 2 rings (SSSR count). The highest BCUT2D eigenvalue weighted by Gasteiger charge is 2.22. The van der Waals surface area contributed by atoms with Crippen LogP contribution < -0.4 is 5.32 Å². The number of halogens is 1. The SMILES string of the molecule is N#CC1CCN(C(=O)NCc2cc(Br)cs2)CC1. The first-order chi connectivity index (χ1) is 8.69. The second-order valence-corrected chi connectivity index (χ2v) is 6.19. The molecule has 0 aliphatic carbocycles. The van der Waals surface area contributed by atoms with Crippen LogP contribution in [0.4, 0.5) is 4.79 Å². The van der Waals surface area contributed by atoms with E-state index < -0.39 is 0 Å². The van der Waals surface area contributed by atoms with Crippen molar-refractivity contribution in [2.45, 2.75) is 19.4 Å². The molecule has 2 heterocycles. The molecule has 0 bridgehead atoms. The third-order valence-electron chi connectivity index (χ3n) is 3.00. The molecular formula is C12H14BrN3OS. The maximum Gasteiger partial charge on any atom is 0.317 e. The van der Waals surface area contributed by atoms with Crippen LogP contribution in [0.2, 0.25) is 0 Å². The highest BCUT2D eigenvalue weighted by Crippen LogP contribution is 2.20. The van der Waals surface area contributed by atoms with Gasteiger partial charge in [0.25, 0.3) is 0 Å². The van der Waals surface area contributed by atoms with Crippen LogP contribution in [0.5, 0.6) is 0 Å². The van der Waals surface area contributed by atoms with E-state index in [1.807, 2.05) is 11.4 Å². The van der Waals surface area contributed by atoms with Gasteiger partial charge in [0.1, 0.15) is 0 Å². The fourth-order valence-corrected chi connectivity index (χ4v) is 3.32. The van der Waals surface area contributed by atoms with Crippen molar-refractivity contribution in [2.24, 2.45) is 5.92 Å². The topological polar surface area (TPSA) is 56.1 Å². The Morgan fingerprint density at radius 2 is 2.33 bits per heavy atom. The van der Waals surface area contributed by atoms with Crippen LogP contribution in [-0.2, 0) is 6.54 Å². The minimum Gasteiger partial charge on any atom is -0.333 e. The smallest absolute Gasteiger partial charge is 0.317 e. The summed E-state index contributed by atoms with van der Waals surface area (Å²) in [4.78, 5) is 14.8. The van der Waals surface area contributed by atoms with Gasteiger partial charge in [-0.1, -0.05) is 0 Å². The van der Waals surface area contributed by atoms with Crippen LogP contribution in [0.25, 0.3) is 0 Å². The van der Waals surface area contributed by atoms with Gasteiger partial charge in [-0.15, -0.1) is 11.3 Å². The molecular weight excluding hydrogens is 314 g/mol. The first kappa shape index (κ1) is 13.4. The number of carbonyl (C=O) groups is 1. The monoisotopic (exact) mass is 327 g/mol. The molecule has 4 nitrogen and oxygen atoms in total. The minimum atomic E-state index is -0.0316. The number of piperidine rings is 1. The van der Waals surface area contributed by atoms with Crippen molar-refractivity contribution in [1.82, 2.24) is 10.2 Å². The average Bonchev–Trinajstić information content (AvgIpc) is 2.82. The predicted octanol–water partition coefficient (Wildman–Crippen LogP) is 2.96. The summed E-state index contributed by atoms with van der Waals surface area (Å²) in [6.45, 7) is 1.92. The van der Waals surface area contributed by atoms with Gasteiger partial charge in [-0.05, 0) is 34.8 Å². The minimum absolute atomic E-state index is 0.0316. The Balaban J connectivity index is 1.77. The number of nitrogens with one attached hydrogen (secondary N) is 1. The normalized spacial score (nSPS) is 16.3. The maximum absolute atomic E-state index is 11.9. The van der Waals surface area contributed by atoms with E-state index in [9.17, 15) is 4.79 Å². The number of carbonyl (C=O) groups excluding carboxylic acids is 1. The second-order valence-electron chi connectivity index (χ2n) is 4.28. The van der Waals surface area contributed by atoms with Gasteiger partial charge >= 0.3 is 6.03 Å². The van der Waals surface area contributed by atoms with Gasteiger partial charge in [-0.3, -0.25) is 0 Å². The number of hydrogen-bond donors (Lipinski definition) is 1. The summed E-state index contributed by atoms with van der Waals surface area (Å²) in [5.41, 5.74) is 0. The summed E-state index contributed by atoms with van der Waals surface area (Å²) in [7, 11) is 0. The summed E-state index contributed by atoms with van der Waals surface area (Å²) in [6, 6.07) is 4.24. The lowest BCUT2D eigenvalue weighted by Crippen LogP contribution is -2.43. The van der Waals surface area contributed by atoms with Crippen LogP contribution in [0.1, 0.15) is 17.7 Å². The summed E-state index contributed by atoms with van der Waals surface area (Å²) in [5, 5.41) is 13.7. The third kappa shape index (κ3) is 3.47. The Kier molecular flexibility index (Phi) is 4.61. The zero-order valence-electron chi connectivity index (χ0n) is 9.86. The van der Waals surface area contributed by atoms with Crippen LogP contribution in [0.3, 0.4) is 0 Å². The lowest BCUT2D eigenvalue weighted by atomic mass is 9.99. The van der Waals surface area contributed by atoms with Crippen LogP contribution >= 0.6 is 27.3 Å². The number of thiophene rings is 1. The van der Waals surface area contributed by atoms with E-state index in [0.29, 0.717) is 19.6 Å². The molecule has 6 heteroatoms. The summed E-state index contributed by atoms with van der Waals surface area (Å²) in [6.07, 6.45) is 1.57. The highest BCUT2D eigenvalue weighted by atomic mass is 79.9. The molecule has 1 fully saturated rings. The second kappa shape index (κ2) is 6.21. The number of amides is 2. The summed E-state index contributed by atoms with van der Waals surface area (Å²) in [5.74, 6) is 0.113. The summed E-state index contributed by atoms with van der Waals surface area (Å²) >= 11 is 5.01.